The molecule has 0 atom stereocenters. The van der Waals surface area contributed by atoms with Gasteiger partial charge in [-0.1, -0.05) is 89.7 Å². The van der Waals surface area contributed by atoms with E-state index in [1.165, 1.54) is 83.5 Å². The number of H-pyrrole nitrogens is 1. The number of nitrogens with zero attached hydrogens (tertiary/aromatic N) is 2. The van der Waals surface area contributed by atoms with Crippen LogP contribution in [-0.2, 0) is 6.54 Å². The summed E-state index contributed by atoms with van der Waals surface area (Å²) < 4.78 is 2.30. The molecular weight excluding hydrogens is 366 g/mol. The molecule has 0 aliphatic rings. The van der Waals surface area contributed by atoms with Crippen LogP contribution in [0.25, 0.3) is 22.4 Å². The van der Waals surface area contributed by atoms with E-state index in [1.54, 1.807) is 0 Å². The van der Waals surface area contributed by atoms with Crippen molar-refractivity contribution in [1.82, 2.24) is 9.97 Å². The number of imidazole rings is 1. The fourth-order valence-electron chi connectivity index (χ4n) is 4.17. The van der Waals surface area contributed by atoms with E-state index in [-0.39, 0.29) is 0 Å². The Labute approximate surface area is 183 Å². The molecule has 0 amide bonds. The summed E-state index contributed by atoms with van der Waals surface area (Å²) in [5.41, 5.74) is 3.26. The predicted octanol–water partition coefficient (Wildman–Crippen LogP) is 7.61. The second kappa shape index (κ2) is 13.2. The van der Waals surface area contributed by atoms with Gasteiger partial charge in [0.05, 0.1) is 11.0 Å². The molecule has 0 bridgehead atoms. The van der Waals surface area contributed by atoms with Gasteiger partial charge in [-0.15, -0.1) is 0 Å². The molecular formula is C27H40N3+. The maximum atomic E-state index is 4.69. The summed E-state index contributed by atoms with van der Waals surface area (Å²) in [6, 6.07) is 12.5. The van der Waals surface area contributed by atoms with Crippen LogP contribution < -0.4 is 4.57 Å². The Bertz CT molecular complexity index is 802. The molecule has 0 spiro atoms. The molecule has 0 radical (unpaired) electrons. The van der Waals surface area contributed by atoms with Crippen LogP contribution >= 0.6 is 0 Å². The minimum atomic E-state index is 0.948. The number of hydrogen-bond acceptors (Lipinski definition) is 1. The second-order valence-electron chi connectivity index (χ2n) is 8.67. The van der Waals surface area contributed by atoms with Crippen LogP contribution in [0.15, 0.2) is 48.8 Å². The van der Waals surface area contributed by atoms with Gasteiger partial charge >= 0.3 is 0 Å². The first-order valence-electron chi connectivity index (χ1n) is 12.3. The minimum absolute atomic E-state index is 0.948. The Kier molecular flexibility index (Phi) is 9.91. The lowest BCUT2D eigenvalue weighted by atomic mass is 10.0. The molecule has 0 unspecified atom stereocenters. The summed E-state index contributed by atoms with van der Waals surface area (Å²) in [6.07, 6.45) is 22.6. The number of aromatic amines is 1. The summed E-state index contributed by atoms with van der Waals surface area (Å²) in [7, 11) is 0. The van der Waals surface area contributed by atoms with Gasteiger partial charge in [0.25, 0.3) is 0 Å². The Hall–Kier alpha value is -2.16. The van der Waals surface area contributed by atoms with E-state index in [0.717, 1.165) is 29.0 Å². The Morgan fingerprint density at radius 1 is 0.700 bits per heavy atom. The van der Waals surface area contributed by atoms with Gasteiger partial charge in [-0.3, -0.25) is 0 Å². The van der Waals surface area contributed by atoms with Crippen molar-refractivity contribution < 1.29 is 4.57 Å². The number of para-hydroxylation sites is 2. The van der Waals surface area contributed by atoms with Crippen molar-refractivity contribution in [2.24, 2.45) is 0 Å². The highest BCUT2D eigenvalue weighted by atomic mass is 14.9. The minimum Gasteiger partial charge on any atom is -0.338 e. The first-order chi connectivity index (χ1) is 14.9. The molecule has 2 aromatic heterocycles. The lowest BCUT2D eigenvalue weighted by Crippen LogP contribution is -2.32. The van der Waals surface area contributed by atoms with Crippen LogP contribution in [0.2, 0.25) is 0 Å². The molecule has 3 aromatic rings. The third kappa shape index (κ3) is 7.59. The number of pyridine rings is 1. The zero-order chi connectivity index (χ0) is 20.9. The molecule has 0 saturated carbocycles. The molecule has 1 aromatic carbocycles. The van der Waals surface area contributed by atoms with Gasteiger partial charge in [0.15, 0.2) is 12.4 Å². The summed E-state index contributed by atoms with van der Waals surface area (Å²) in [5, 5.41) is 0. The van der Waals surface area contributed by atoms with E-state index in [4.69, 9.17) is 0 Å². The topological polar surface area (TPSA) is 32.6 Å². The normalized spacial score (nSPS) is 11.4. The van der Waals surface area contributed by atoms with Crippen LogP contribution in [0.3, 0.4) is 0 Å². The van der Waals surface area contributed by atoms with E-state index >= 15 is 0 Å². The maximum Gasteiger partial charge on any atom is 0.169 e. The number of aryl methyl sites for hydroxylation is 1. The van der Waals surface area contributed by atoms with Gasteiger partial charge in [0.2, 0.25) is 0 Å². The van der Waals surface area contributed by atoms with E-state index in [2.05, 4.69) is 52.1 Å². The van der Waals surface area contributed by atoms with E-state index in [1.807, 2.05) is 18.2 Å². The summed E-state index contributed by atoms with van der Waals surface area (Å²) >= 11 is 0. The van der Waals surface area contributed by atoms with Gasteiger partial charge in [0, 0.05) is 24.1 Å². The monoisotopic (exact) mass is 406 g/mol. The van der Waals surface area contributed by atoms with Crippen molar-refractivity contribution in [2.45, 2.75) is 96.9 Å². The van der Waals surface area contributed by atoms with Crippen LogP contribution in [0, 0.1) is 0 Å². The van der Waals surface area contributed by atoms with E-state index in [0.29, 0.717) is 0 Å². The zero-order valence-corrected chi connectivity index (χ0v) is 18.9. The highest BCUT2D eigenvalue weighted by molar-refractivity contribution is 5.78. The van der Waals surface area contributed by atoms with Gasteiger partial charge in [-0.25, -0.2) is 9.55 Å². The number of hydrogen-bond donors (Lipinski definition) is 1. The van der Waals surface area contributed by atoms with Crippen molar-refractivity contribution in [3.63, 3.8) is 0 Å². The Morgan fingerprint density at radius 2 is 1.27 bits per heavy atom. The first kappa shape index (κ1) is 22.5. The molecule has 162 valence electrons. The number of nitrogens with one attached hydrogen (secondary N) is 1. The van der Waals surface area contributed by atoms with Crippen molar-refractivity contribution in [3.8, 4) is 11.4 Å². The van der Waals surface area contributed by atoms with Crippen LogP contribution in [0.5, 0.6) is 0 Å². The summed E-state index contributed by atoms with van der Waals surface area (Å²) in [5.74, 6) is 0.948. The highest BCUT2D eigenvalue weighted by Crippen LogP contribution is 2.19. The quantitative estimate of drug-likeness (QED) is 0.204. The summed E-state index contributed by atoms with van der Waals surface area (Å²) in [4.78, 5) is 8.09. The Morgan fingerprint density at radius 3 is 1.87 bits per heavy atom. The van der Waals surface area contributed by atoms with E-state index < -0.39 is 0 Å². The average molecular weight is 407 g/mol. The molecule has 0 aliphatic heterocycles. The number of aromatic nitrogens is 3. The van der Waals surface area contributed by atoms with Crippen LogP contribution in [0.1, 0.15) is 90.4 Å². The SMILES string of the molecule is CCCCCCCCCCCCCCC[n+]1ccc(-c2nc3ccccc3[nH]2)cc1. The first-order valence-corrected chi connectivity index (χ1v) is 12.3. The number of unbranched alkanes of at least 4 members (excludes halogenated alkanes) is 12. The van der Waals surface area contributed by atoms with Gasteiger partial charge in [-0.2, -0.15) is 0 Å². The molecule has 2 heterocycles. The molecule has 0 fully saturated rings. The van der Waals surface area contributed by atoms with Crippen molar-refractivity contribution >= 4 is 11.0 Å². The smallest absolute Gasteiger partial charge is 0.169 e. The average Bonchev–Trinajstić information content (AvgIpc) is 3.22. The third-order valence-corrected chi connectivity index (χ3v) is 6.07. The highest BCUT2D eigenvalue weighted by Gasteiger charge is 2.07. The van der Waals surface area contributed by atoms with Crippen LogP contribution in [0.4, 0.5) is 0 Å². The molecule has 3 heteroatoms. The zero-order valence-electron chi connectivity index (χ0n) is 18.9. The Balaban J connectivity index is 1.24. The van der Waals surface area contributed by atoms with Crippen molar-refractivity contribution in [1.29, 1.82) is 0 Å². The standard InChI is InChI=1S/C27H39N3/c1-2-3-4-5-6-7-8-9-10-11-12-13-16-21-30-22-19-24(20-23-30)27-28-25-17-14-15-18-26(25)29-27/h14-15,17-20,22-23H,2-13,16,21H2,1H3/p+1. The van der Waals surface area contributed by atoms with Crippen molar-refractivity contribution in [3.05, 3.63) is 48.8 Å². The van der Waals surface area contributed by atoms with Crippen molar-refractivity contribution in [2.75, 3.05) is 0 Å². The van der Waals surface area contributed by atoms with Crippen LogP contribution in [-0.4, -0.2) is 9.97 Å². The van der Waals surface area contributed by atoms with Gasteiger partial charge < -0.3 is 4.98 Å². The molecule has 3 rings (SSSR count). The van der Waals surface area contributed by atoms with Gasteiger partial charge in [0.1, 0.15) is 12.4 Å². The maximum absolute atomic E-state index is 4.69. The summed E-state index contributed by atoms with van der Waals surface area (Å²) in [6.45, 7) is 3.40. The number of rotatable bonds is 15. The molecule has 0 saturated heterocycles. The molecule has 0 aliphatic carbocycles. The fraction of sp³-hybridized carbons (Fsp3) is 0.556. The second-order valence-corrected chi connectivity index (χ2v) is 8.67. The number of fused-ring (bicyclic) bond motifs is 1. The fourth-order valence-corrected chi connectivity index (χ4v) is 4.17. The number of benzene rings is 1. The molecule has 3 nitrogen and oxygen atoms in total. The third-order valence-electron chi connectivity index (χ3n) is 6.07. The molecule has 1 N–H and O–H groups in total. The molecule has 30 heavy (non-hydrogen) atoms. The van der Waals surface area contributed by atoms with Gasteiger partial charge in [-0.05, 0) is 18.6 Å². The van der Waals surface area contributed by atoms with E-state index in [9.17, 15) is 0 Å². The largest absolute Gasteiger partial charge is 0.338 e. The lowest BCUT2D eigenvalue weighted by Gasteiger charge is -2.02. The lowest BCUT2D eigenvalue weighted by molar-refractivity contribution is -0.697. The predicted molar refractivity (Wildman–Crippen MR) is 127 cm³/mol.